The molecule has 0 aromatic heterocycles. The van der Waals surface area contributed by atoms with Crippen LogP contribution in [0.3, 0.4) is 0 Å². The average Bonchev–Trinajstić information content (AvgIpc) is 2.41. The highest BCUT2D eigenvalue weighted by atomic mass is 35.5. The van der Waals surface area contributed by atoms with Crippen LogP contribution in [0, 0.1) is 11.6 Å². The Balaban J connectivity index is 2.17. The summed E-state index contributed by atoms with van der Waals surface area (Å²) in [4.78, 5) is 11.0. The molecule has 2 rings (SSSR count). The molecule has 0 fully saturated rings. The molecule has 0 aliphatic heterocycles. The predicted molar refractivity (Wildman–Crippen MR) is 73.7 cm³/mol. The molecule has 0 unspecified atom stereocenters. The number of hydrogen-bond acceptors (Lipinski definition) is 2. The van der Waals surface area contributed by atoms with E-state index in [2.05, 4.69) is 5.32 Å². The molecule has 1 amide bonds. The summed E-state index contributed by atoms with van der Waals surface area (Å²) in [5, 5.41) is 2.91. The van der Waals surface area contributed by atoms with Gasteiger partial charge in [-0.05, 0) is 24.3 Å². The van der Waals surface area contributed by atoms with Gasteiger partial charge in [0, 0.05) is 17.8 Å². The van der Waals surface area contributed by atoms with E-state index >= 15 is 0 Å². The molecule has 0 atom stereocenters. The Kier molecular flexibility index (Phi) is 4.20. The number of anilines is 1. The summed E-state index contributed by atoms with van der Waals surface area (Å²) in [5.74, 6) is -2.07. The van der Waals surface area contributed by atoms with Gasteiger partial charge in [-0.15, -0.1) is 0 Å². The first kappa shape index (κ1) is 14.3. The second kappa shape index (κ2) is 5.88. The minimum atomic E-state index is -0.861. The molecule has 2 aromatic rings. The van der Waals surface area contributed by atoms with Gasteiger partial charge in [-0.25, -0.2) is 8.78 Å². The van der Waals surface area contributed by atoms with Gasteiger partial charge in [0.2, 0.25) is 0 Å². The lowest BCUT2D eigenvalue weighted by molar-refractivity contribution is 0.0996. The van der Waals surface area contributed by atoms with Crippen molar-refractivity contribution in [3.8, 4) is 0 Å². The number of halogens is 3. The van der Waals surface area contributed by atoms with Crippen LogP contribution < -0.4 is 11.1 Å². The SMILES string of the molecule is NC(=O)c1cc(NCc2cccc(Cl)c2F)ccc1F. The van der Waals surface area contributed by atoms with E-state index in [0.717, 1.165) is 6.07 Å². The summed E-state index contributed by atoms with van der Waals surface area (Å²) in [6, 6.07) is 8.49. The number of nitrogens with one attached hydrogen (secondary N) is 1. The highest BCUT2D eigenvalue weighted by molar-refractivity contribution is 6.30. The van der Waals surface area contributed by atoms with E-state index < -0.39 is 17.5 Å². The normalized spacial score (nSPS) is 10.3. The van der Waals surface area contributed by atoms with Gasteiger partial charge in [-0.2, -0.15) is 0 Å². The summed E-state index contributed by atoms with van der Waals surface area (Å²) >= 11 is 5.67. The molecule has 3 nitrogen and oxygen atoms in total. The molecule has 0 aliphatic carbocycles. The van der Waals surface area contributed by atoms with E-state index in [-0.39, 0.29) is 17.1 Å². The van der Waals surface area contributed by atoms with Gasteiger partial charge in [0.25, 0.3) is 5.91 Å². The third kappa shape index (κ3) is 3.05. The molecule has 104 valence electrons. The van der Waals surface area contributed by atoms with Gasteiger partial charge in [-0.1, -0.05) is 23.7 Å². The first-order valence-electron chi connectivity index (χ1n) is 5.75. The van der Waals surface area contributed by atoms with Crippen LogP contribution in [0.4, 0.5) is 14.5 Å². The van der Waals surface area contributed by atoms with Gasteiger partial charge in [0.15, 0.2) is 0 Å². The van der Waals surface area contributed by atoms with Crippen molar-refractivity contribution < 1.29 is 13.6 Å². The Hall–Kier alpha value is -2.14. The zero-order valence-corrected chi connectivity index (χ0v) is 11.0. The van der Waals surface area contributed by atoms with Crippen molar-refractivity contribution in [2.24, 2.45) is 5.73 Å². The topological polar surface area (TPSA) is 55.1 Å². The van der Waals surface area contributed by atoms with Crippen LogP contribution in [0.1, 0.15) is 15.9 Å². The van der Waals surface area contributed by atoms with Crippen LogP contribution in [0.2, 0.25) is 5.02 Å². The van der Waals surface area contributed by atoms with E-state index in [4.69, 9.17) is 17.3 Å². The highest BCUT2D eigenvalue weighted by Crippen LogP contribution is 2.20. The Morgan fingerprint density at radius 1 is 1.25 bits per heavy atom. The van der Waals surface area contributed by atoms with Crippen LogP contribution in [0.15, 0.2) is 36.4 Å². The number of hydrogen-bond donors (Lipinski definition) is 2. The van der Waals surface area contributed by atoms with Gasteiger partial charge >= 0.3 is 0 Å². The zero-order valence-electron chi connectivity index (χ0n) is 10.3. The molecule has 2 aromatic carbocycles. The zero-order chi connectivity index (χ0) is 14.7. The summed E-state index contributed by atoms with van der Waals surface area (Å²) in [6.07, 6.45) is 0. The maximum absolute atomic E-state index is 13.7. The largest absolute Gasteiger partial charge is 0.381 e. The van der Waals surface area contributed by atoms with E-state index in [1.54, 1.807) is 12.1 Å². The molecule has 6 heteroatoms. The first-order chi connectivity index (χ1) is 9.49. The molecular formula is C14H11ClF2N2O. The van der Waals surface area contributed by atoms with E-state index in [1.165, 1.54) is 18.2 Å². The molecule has 0 heterocycles. The van der Waals surface area contributed by atoms with E-state index in [1.807, 2.05) is 0 Å². The molecule has 0 saturated heterocycles. The van der Waals surface area contributed by atoms with Crippen molar-refractivity contribution in [2.45, 2.75) is 6.54 Å². The summed E-state index contributed by atoms with van der Waals surface area (Å²) in [7, 11) is 0. The van der Waals surface area contributed by atoms with Crippen LogP contribution in [0.5, 0.6) is 0 Å². The van der Waals surface area contributed by atoms with Crippen LogP contribution in [-0.2, 0) is 6.54 Å². The fraction of sp³-hybridized carbons (Fsp3) is 0.0714. The lowest BCUT2D eigenvalue weighted by atomic mass is 10.1. The van der Waals surface area contributed by atoms with E-state index in [0.29, 0.717) is 11.3 Å². The van der Waals surface area contributed by atoms with Gasteiger partial charge in [0.05, 0.1) is 10.6 Å². The number of primary amides is 1. The van der Waals surface area contributed by atoms with Crippen LogP contribution in [0.25, 0.3) is 0 Å². The number of carbonyl (C=O) groups excluding carboxylic acids is 1. The quantitative estimate of drug-likeness (QED) is 0.909. The average molecular weight is 297 g/mol. The Morgan fingerprint density at radius 3 is 2.70 bits per heavy atom. The minimum absolute atomic E-state index is 0.0289. The van der Waals surface area contributed by atoms with Gasteiger partial charge < -0.3 is 11.1 Å². The van der Waals surface area contributed by atoms with Crippen molar-refractivity contribution >= 4 is 23.2 Å². The van der Waals surface area contributed by atoms with Crippen molar-refractivity contribution in [1.82, 2.24) is 0 Å². The number of rotatable bonds is 4. The first-order valence-corrected chi connectivity index (χ1v) is 6.13. The Labute approximate surface area is 119 Å². The molecule has 0 radical (unpaired) electrons. The van der Waals surface area contributed by atoms with Gasteiger partial charge in [0.1, 0.15) is 11.6 Å². The minimum Gasteiger partial charge on any atom is -0.381 e. The molecule has 0 saturated carbocycles. The summed E-state index contributed by atoms with van der Waals surface area (Å²) in [6.45, 7) is 0.149. The highest BCUT2D eigenvalue weighted by Gasteiger charge is 2.10. The van der Waals surface area contributed by atoms with Crippen LogP contribution in [-0.4, -0.2) is 5.91 Å². The summed E-state index contributed by atoms with van der Waals surface area (Å²) in [5.41, 5.74) is 5.65. The number of nitrogens with two attached hydrogens (primary N) is 1. The maximum Gasteiger partial charge on any atom is 0.251 e. The fourth-order valence-corrected chi connectivity index (χ4v) is 1.90. The van der Waals surface area contributed by atoms with Crippen LogP contribution >= 0.6 is 11.6 Å². The Bertz CT molecular complexity index is 662. The van der Waals surface area contributed by atoms with Crippen molar-refractivity contribution in [3.63, 3.8) is 0 Å². The monoisotopic (exact) mass is 296 g/mol. The predicted octanol–water partition coefficient (Wildman–Crippen LogP) is 3.33. The molecule has 20 heavy (non-hydrogen) atoms. The second-order valence-electron chi connectivity index (χ2n) is 4.13. The lowest BCUT2D eigenvalue weighted by Crippen LogP contribution is -2.13. The smallest absolute Gasteiger partial charge is 0.251 e. The van der Waals surface area contributed by atoms with E-state index in [9.17, 15) is 13.6 Å². The third-order valence-electron chi connectivity index (χ3n) is 2.75. The van der Waals surface area contributed by atoms with Crippen molar-refractivity contribution in [2.75, 3.05) is 5.32 Å². The maximum atomic E-state index is 13.7. The fourth-order valence-electron chi connectivity index (χ4n) is 1.71. The third-order valence-corrected chi connectivity index (χ3v) is 3.04. The molecule has 0 bridgehead atoms. The summed E-state index contributed by atoms with van der Waals surface area (Å²) < 4.78 is 27.0. The van der Waals surface area contributed by atoms with Crippen molar-refractivity contribution in [1.29, 1.82) is 0 Å². The lowest BCUT2D eigenvalue weighted by Gasteiger charge is -2.09. The van der Waals surface area contributed by atoms with Crippen molar-refractivity contribution in [3.05, 3.63) is 64.2 Å². The van der Waals surface area contributed by atoms with Gasteiger partial charge in [-0.3, -0.25) is 4.79 Å². The number of benzene rings is 2. The standard InChI is InChI=1S/C14H11ClF2N2O/c15-11-3-1-2-8(13(11)17)7-19-9-4-5-12(16)10(6-9)14(18)20/h1-6,19H,7H2,(H2,18,20). The number of amides is 1. The Morgan fingerprint density at radius 2 is 2.00 bits per heavy atom. The molecule has 3 N–H and O–H groups in total. The second-order valence-corrected chi connectivity index (χ2v) is 4.53. The molecule has 0 aliphatic rings. The molecule has 0 spiro atoms. The number of carbonyl (C=O) groups is 1. The molecular weight excluding hydrogens is 286 g/mol.